The van der Waals surface area contributed by atoms with E-state index in [-0.39, 0.29) is 4.91 Å². The monoisotopic (exact) mass is 557 g/mol. The molecule has 3 aromatic rings. The molecule has 3 amide bonds. The summed E-state index contributed by atoms with van der Waals surface area (Å²) in [5.74, 6) is -0.205. The maximum Gasteiger partial charge on any atom is 0.294 e. The molecule has 0 atom stereocenters. The number of morpholine rings is 1. The Balaban J connectivity index is 1.22. The fraction of sp³-hybridized carbons (Fsp3) is 0.192. The number of halogens is 2. The van der Waals surface area contributed by atoms with Crippen LogP contribution in [0.3, 0.4) is 0 Å². The molecule has 2 aliphatic rings. The molecule has 0 spiro atoms. The van der Waals surface area contributed by atoms with Crippen LogP contribution in [0.2, 0.25) is 10.0 Å². The number of carbonyl (C=O) groups is 3. The molecule has 2 aromatic carbocycles. The molecule has 2 fully saturated rings. The normalized spacial score (nSPS) is 17.1. The molecule has 11 heteroatoms. The molecule has 5 rings (SSSR count). The zero-order valence-electron chi connectivity index (χ0n) is 19.4. The third kappa shape index (κ3) is 5.70. The van der Waals surface area contributed by atoms with Crippen molar-refractivity contribution >= 4 is 69.5 Å². The smallest absolute Gasteiger partial charge is 0.294 e. The van der Waals surface area contributed by atoms with Crippen molar-refractivity contribution in [2.24, 2.45) is 0 Å². The number of amides is 3. The second-order valence-corrected chi connectivity index (χ2v) is 10.0. The SMILES string of the molecule is O=C(CN1C(=O)S/C(=C/c2ccc(-c3cccc(Cl)c3Cl)o2)C1=O)Nc1ccc(N2CCOCC2)cc1. The van der Waals surface area contributed by atoms with Gasteiger partial charge < -0.3 is 19.4 Å². The lowest BCUT2D eigenvalue weighted by Gasteiger charge is -2.28. The van der Waals surface area contributed by atoms with Crippen molar-refractivity contribution in [2.45, 2.75) is 0 Å². The van der Waals surface area contributed by atoms with Crippen molar-refractivity contribution in [3.8, 4) is 11.3 Å². The van der Waals surface area contributed by atoms with Crippen LogP contribution < -0.4 is 10.2 Å². The topological polar surface area (TPSA) is 92.1 Å². The average molecular weight is 558 g/mol. The number of nitrogens with one attached hydrogen (secondary N) is 1. The first-order valence-electron chi connectivity index (χ1n) is 11.4. The van der Waals surface area contributed by atoms with Gasteiger partial charge in [-0.1, -0.05) is 29.3 Å². The highest BCUT2D eigenvalue weighted by molar-refractivity contribution is 8.18. The van der Waals surface area contributed by atoms with Crippen LogP contribution in [0.4, 0.5) is 16.2 Å². The van der Waals surface area contributed by atoms with Crippen LogP contribution in [0, 0.1) is 0 Å². The minimum Gasteiger partial charge on any atom is -0.457 e. The van der Waals surface area contributed by atoms with E-state index < -0.39 is 23.6 Å². The number of benzene rings is 2. The number of hydrogen-bond acceptors (Lipinski definition) is 7. The number of nitrogens with zero attached hydrogens (tertiary/aromatic N) is 2. The molecule has 2 aliphatic heterocycles. The van der Waals surface area contributed by atoms with Crippen molar-refractivity contribution in [1.29, 1.82) is 0 Å². The molecule has 0 unspecified atom stereocenters. The number of anilines is 2. The summed E-state index contributed by atoms with van der Waals surface area (Å²) in [6, 6.07) is 16.0. The number of hydrogen-bond donors (Lipinski definition) is 1. The Hall–Kier alpha value is -3.24. The molecule has 0 bridgehead atoms. The van der Waals surface area contributed by atoms with Gasteiger partial charge in [0.25, 0.3) is 11.1 Å². The molecular weight excluding hydrogens is 537 g/mol. The van der Waals surface area contributed by atoms with Gasteiger partial charge in [0.1, 0.15) is 18.1 Å². The van der Waals surface area contributed by atoms with E-state index >= 15 is 0 Å². The van der Waals surface area contributed by atoms with E-state index in [4.69, 9.17) is 32.4 Å². The summed E-state index contributed by atoms with van der Waals surface area (Å²) in [7, 11) is 0. The molecule has 2 saturated heterocycles. The number of carbonyl (C=O) groups excluding carboxylic acids is 3. The highest BCUT2D eigenvalue weighted by atomic mass is 35.5. The Morgan fingerprint density at radius 3 is 2.54 bits per heavy atom. The number of thioether (sulfide) groups is 1. The first kappa shape index (κ1) is 25.4. The lowest BCUT2D eigenvalue weighted by Crippen LogP contribution is -2.36. The highest BCUT2D eigenvalue weighted by Crippen LogP contribution is 2.36. The molecular formula is C26H21Cl2N3O5S. The van der Waals surface area contributed by atoms with E-state index in [0.717, 1.165) is 35.4 Å². The van der Waals surface area contributed by atoms with Gasteiger partial charge in [-0.15, -0.1) is 0 Å². The largest absolute Gasteiger partial charge is 0.457 e. The lowest BCUT2D eigenvalue weighted by molar-refractivity contribution is -0.127. The maximum absolute atomic E-state index is 12.8. The van der Waals surface area contributed by atoms with Crippen LogP contribution in [-0.4, -0.2) is 54.8 Å². The van der Waals surface area contributed by atoms with E-state index in [1.165, 1.54) is 6.08 Å². The second-order valence-electron chi connectivity index (χ2n) is 8.27. The second kappa shape index (κ2) is 11.0. The van der Waals surface area contributed by atoms with Crippen molar-refractivity contribution in [1.82, 2.24) is 4.90 Å². The molecule has 0 saturated carbocycles. The van der Waals surface area contributed by atoms with Crippen LogP contribution in [0.1, 0.15) is 5.76 Å². The number of ether oxygens (including phenoxy) is 1. The summed E-state index contributed by atoms with van der Waals surface area (Å²) in [5, 5.41) is 2.96. The van der Waals surface area contributed by atoms with Gasteiger partial charge in [-0.05, 0) is 60.3 Å². The average Bonchev–Trinajstić information content (AvgIpc) is 3.46. The Labute approximate surface area is 227 Å². The van der Waals surface area contributed by atoms with Crippen LogP contribution in [0.25, 0.3) is 17.4 Å². The molecule has 3 heterocycles. The standard InChI is InChI=1S/C26H21Cl2N3O5S/c27-20-3-1-2-19(24(20)28)21-9-8-18(36-21)14-22-25(33)31(26(34)37-22)15-23(32)29-16-4-6-17(7-5-16)30-10-12-35-13-11-30/h1-9,14H,10-13,15H2,(H,29,32)/b22-14+. The third-order valence-corrected chi connectivity index (χ3v) is 7.55. The highest BCUT2D eigenvalue weighted by Gasteiger charge is 2.36. The zero-order chi connectivity index (χ0) is 25.9. The summed E-state index contributed by atoms with van der Waals surface area (Å²) < 4.78 is 11.2. The zero-order valence-corrected chi connectivity index (χ0v) is 21.7. The van der Waals surface area contributed by atoms with E-state index in [0.29, 0.717) is 46.0 Å². The molecule has 0 radical (unpaired) electrons. The molecule has 37 heavy (non-hydrogen) atoms. The van der Waals surface area contributed by atoms with E-state index in [2.05, 4.69) is 10.2 Å². The van der Waals surface area contributed by atoms with Gasteiger partial charge in [0.15, 0.2) is 0 Å². The van der Waals surface area contributed by atoms with Crippen molar-refractivity contribution in [2.75, 3.05) is 43.1 Å². The number of rotatable bonds is 6. The Morgan fingerprint density at radius 2 is 1.78 bits per heavy atom. The predicted octanol–water partition coefficient (Wildman–Crippen LogP) is 5.77. The van der Waals surface area contributed by atoms with Gasteiger partial charge in [-0.3, -0.25) is 19.3 Å². The van der Waals surface area contributed by atoms with Crippen molar-refractivity contribution < 1.29 is 23.5 Å². The van der Waals surface area contributed by atoms with Crippen LogP contribution in [0.5, 0.6) is 0 Å². The first-order valence-corrected chi connectivity index (χ1v) is 13.0. The summed E-state index contributed by atoms with van der Waals surface area (Å²) in [5.41, 5.74) is 2.22. The Morgan fingerprint density at radius 1 is 1.03 bits per heavy atom. The summed E-state index contributed by atoms with van der Waals surface area (Å²) in [6.45, 7) is 2.59. The fourth-order valence-electron chi connectivity index (χ4n) is 3.96. The van der Waals surface area contributed by atoms with Crippen LogP contribution in [0.15, 0.2) is 63.9 Å². The maximum atomic E-state index is 12.8. The number of furan rings is 1. The van der Waals surface area contributed by atoms with E-state index in [1.54, 1.807) is 42.5 Å². The Kier molecular flexibility index (Phi) is 7.57. The minimum absolute atomic E-state index is 0.158. The van der Waals surface area contributed by atoms with Crippen LogP contribution in [-0.2, 0) is 14.3 Å². The lowest BCUT2D eigenvalue weighted by atomic mass is 10.2. The van der Waals surface area contributed by atoms with Crippen molar-refractivity contribution in [3.05, 3.63) is 75.3 Å². The minimum atomic E-state index is -0.563. The predicted molar refractivity (Wildman–Crippen MR) is 145 cm³/mol. The van der Waals surface area contributed by atoms with Gasteiger partial charge in [0, 0.05) is 36.1 Å². The molecule has 0 aliphatic carbocycles. The van der Waals surface area contributed by atoms with Gasteiger partial charge in [0.05, 0.1) is 28.2 Å². The molecule has 1 aromatic heterocycles. The summed E-state index contributed by atoms with van der Waals surface area (Å²) in [4.78, 5) is 41.2. The molecule has 8 nitrogen and oxygen atoms in total. The summed E-state index contributed by atoms with van der Waals surface area (Å²) >= 11 is 13.1. The Bertz CT molecular complexity index is 1380. The van der Waals surface area contributed by atoms with Crippen LogP contribution >= 0.6 is 35.0 Å². The van der Waals surface area contributed by atoms with Crippen molar-refractivity contribution in [3.63, 3.8) is 0 Å². The third-order valence-electron chi connectivity index (χ3n) is 5.82. The van der Waals surface area contributed by atoms with E-state index in [1.807, 2.05) is 12.1 Å². The van der Waals surface area contributed by atoms with Gasteiger partial charge in [-0.25, -0.2) is 0 Å². The fourth-order valence-corrected chi connectivity index (χ4v) is 5.17. The number of imide groups is 1. The van der Waals surface area contributed by atoms with E-state index in [9.17, 15) is 14.4 Å². The first-order chi connectivity index (χ1) is 17.9. The van der Waals surface area contributed by atoms with Gasteiger partial charge in [0.2, 0.25) is 5.91 Å². The van der Waals surface area contributed by atoms with Gasteiger partial charge in [-0.2, -0.15) is 0 Å². The quantitative estimate of drug-likeness (QED) is 0.385. The molecule has 1 N–H and O–H groups in total. The van der Waals surface area contributed by atoms with Gasteiger partial charge >= 0.3 is 0 Å². The summed E-state index contributed by atoms with van der Waals surface area (Å²) in [6.07, 6.45) is 1.47. The molecule has 190 valence electrons.